The Bertz CT molecular complexity index is 1070. The molecule has 2 N–H and O–H groups in total. The Morgan fingerprint density at radius 2 is 1.83 bits per heavy atom. The molecule has 1 heterocycles. The molecule has 0 saturated heterocycles. The molecular weight excluding hydrogens is 391 g/mol. The van der Waals surface area contributed by atoms with Gasteiger partial charge in [-0.25, -0.2) is 22.5 Å². The minimum atomic E-state index is -3.60. The van der Waals surface area contributed by atoms with E-state index in [-0.39, 0.29) is 22.7 Å². The van der Waals surface area contributed by atoms with Crippen LogP contribution in [-0.2, 0) is 28.3 Å². The maximum atomic E-state index is 13.3. The summed E-state index contributed by atoms with van der Waals surface area (Å²) in [6.07, 6.45) is 0.773. The van der Waals surface area contributed by atoms with E-state index < -0.39 is 10.0 Å². The van der Waals surface area contributed by atoms with E-state index >= 15 is 0 Å². The van der Waals surface area contributed by atoms with E-state index in [9.17, 15) is 12.8 Å². The van der Waals surface area contributed by atoms with Gasteiger partial charge in [0.05, 0.1) is 4.90 Å². The number of aromatic nitrogens is 3. The van der Waals surface area contributed by atoms with Crippen LogP contribution >= 0.6 is 0 Å². The number of rotatable bonds is 7. The molecule has 0 radical (unpaired) electrons. The minimum Gasteiger partial charge on any atom is -0.263 e. The maximum Gasteiger partial charge on any atom is 0.240 e. The highest BCUT2D eigenvalue weighted by Crippen LogP contribution is 2.23. The molecule has 0 atom stereocenters. The second-order valence-electron chi connectivity index (χ2n) is 7.93. The fourth-order valence-corrected chi connectivity index (χ4v) is 3.91. The summed E-state index contributed by atoms with van der Waals surface area (Å²) in [4.78, 5) is 4.57. The molecule has 0 spiro atoms. The molecule has 0 amide bonds. The summed E-state index contributed by atoms with van der Waals surface area (Å²) < 4.78 is 40.8. The van der Waals surface area contributed by atoms with Crippen LogP contribution in [0.1, 0.15) is 43.5 Å². The molecule has 0 unspecified atom stereocenters. The fraction of sp³-hybridized carbons (Fsp3) is 0.333. The van der Waals surface area contributed by atoms with Gasteiger partial charge in [-0.3, -0.25) is 5.10 Å². The summed E-state index contributed by atoms with van der Waals surface area (Å²) in [6.45, 7) is 6.41. The fourth-order valence-electron chi connectivity index (χ4n) is 2.88. The van der Waals surface area contributed by atoms with Crippen molar-refractivity contribution in [2.75, 3.05) is 6.54 Å². The highest BCUT2D eigenvalue weighted by Gasteiger charge is 2.17. The summed E-state index contributed by atoms with van der Waals surface area (Å²) in [5.41, 5.74) is 1.82. The number of benzene rings is 2. The van der Waals surface area contributed by atoms with Crippen LogP contribution in [0.25, 0.3) is 0 Å². The molecule has 8 heteroatoms. The number of H-pyrrole nitrogens is 1. The van der Waals surface area contributed by atoms with E-state index in [1.807, 2.05) is 18.2 Å². The number of nitrogens with one attached hydrogen (secondary N) is 2. The molecule has 2 aromatic carbocycles. The van der Waals surface area contributed by atoms with Gasteiger partial charge in [-0.15, -0.1) is 0 Å². The Kier molecular flexibility index (Phi) is 6.14. The minimum absolute atomic E-state index is 0.0371. The lowest BCUT2D eigenvalue weighted by atomic mass is 9.87. The monoisotopic (exact) mass is 416 g/mol. The van der Waals surface area contributed by atoms with Crippen LogP contribution in [-0.4, -0.2) is 30.1 Å². The lowest BCUT2D eigenvalue weighted by Gasteiger charge is -2.19. The largest absolute Gasteiger partial charge is 0.263 e. The van der Waals surface area contributed by atoms with Gasteiger partial charge < -0.3 is 0 Å². The summed E-state index contributed by atoms with van der Waals surface area (Å²) in [5.74, 6) is 0.806. The summed E-state index contributed by atoms with van der Waals surface area (Å²) in [7, 11) is -3.60. The van der Waals surface area contributed by atoms with E-state index in [0.717, 1.165) is 11.1 Å². The molecule has 0 aliphatic carbocycles. The van der Waals surface area contributed by atoms with Crippen LogP contribution in [0.3, 0.4) is 0 Å². The van der Waals surface area contributed by atoms with E-state index in [0.29, 0.717) is 24.5 Å². The predicted octanol–water partition coefficient (Wildman–Crippen LogP) is 3.35. The SMILES string of the molecule is CC(C)(C)c1ccc(S(=O)(=O)NCCc2n[nH]c(Cc3cccc(F)c3)n2)cc1. The van der Waals surface area contributed by atoms with Crippen molar-refractivity contribution in [2.24, 2.45) is 0 Å². The lowest BCUT2D eigenvalue weighted by molar-refractivity contribution is 0.578. The van der Waals surface area contributed by atoms with Crippen molar-refractivity contribution < 1.29 is 12.8 Å². The first kappa shape index (κ1) is 21.1. The maximum absolute atomic E-state index is 13.3. The third kappa shape index (κ3) is 5.71. The molecule has 0 aliphatic heterocycles. The number of hydrogen-bond acceptors (Lipinski definition) is 4. The lowest BCUT2D eigenvalue weighted by Crippen LogP contribution is -2.26. The van der Waals surface area contributed by atoms with E-state index in [1.165, 1.54) is 12.1 Å². The number of nitrogens with zero attached hydrogens (tertiary/aromatic N) is 2. The summed E-state index contributed by atoms with van der Waals surface area (Å²) >= 11 is 0. The standard InChI is InChI=1S/C21H25FN4O2S/c1-21(2,3)16-7-9-18(10-8-16)29(27,28)23-12-11-19-24-20(26-25-19)14-15-5-4-6-17(22)13-15/h4-10,13,23H,11-12,14H2,1-3H3,(H,24,25,26). The van der Waals surface area contributed by atoms with Crippen LogP contribution in [0, 0.1) is 5.82 Å². The van der Waals surface area contributed by atoms with Crippen LogP contribution < -0.4 is 4.72 Å². The zero-order valence-electron chi connectivity index (χ0n) is 16.7. The van der Waals surface area contributed by atoms with Crippen molar-refractivity contribution in [2.45, 2.75) is 43.9 Å². The number of hydrogen-bond donors (Lipinski definition) is 2. The Balaban J connectivity index is 1.56. The van der Waals surface area contributed by atoms with Crippen molar-refractivity contribution in [3.63, 3.8) is 0 Å². The van der Waals surface area contributed by atoms with Gasteiger partial charge in [-0.1, -0.05) is 45.0 Å². The van der Waals surface area contributed by atoms with Crippen molar-refractivity contribution in [3.8, 4) is 0 Å². The summed E-state index contributed by atoms with van der Waals surface area (Å²) in [5, 5.41) is 6.91. The first-order valence-electron chi connectivity index (χ1n) is 9.38. The van der Waals surface area contributed by atoms with Gasteiger partial charge in [-0.2, -0.15) is 5.10 Å². The van der Waals surface area contributed by atoms with Gasteiger partial charge in [0.15, 0.2) is 5.82 Å². The molecule has 1 aromatic heterocycles. The molecule has 3 rings (SSSR count). The van der Waals surface area contributed by atoms with Gasteiger partial charge in [0.1, 0.15) is 11.6 Å². The summed E-state index contributed by atoms with van der Waals surface area (Å²) in [6, 6.07) is 13.2. The Morgan fingerprint density at radius 1 is 1.10 bits per heavy atom. The van der Waals surface area contributed by atoms with Crippen LogP contribution in [0.15, 0.2) is 53.4 Å². The van der Waals surface area contributed by atoms with E-state index in [4.69, 9.17) is 0 Å². The zero-order chi connectivity index (χ0) is 21.1. The van der Waals surface area contributed by atoms with E-state index in [1.54, 1.807) is 18.2 Å². The average Bonchev–Trinajstić information content (AvgIpc) is 3.08. The molecule has 0 fully saturated rings. The van der Waals surface area contributed by atoms with Crippen molar-refractivity contribution in [3.05, 3.63) is 77.1 Å². The first-order valence-corrected chi connectivity index (χ1v) is 10.9. The van der Waals surface area contributed by atoms with Crippen molar-refractivity contribution >= 4 is 10.0 Å². The molecule has 3 aromatic rings. The van der Waals surface area contributed by atoms with Crippen molar-refractivity contribution in [1.82, 2.24) is 19.9 Å². The number of sulfonamides is 1. The highest BCUT2D eigenvalue weighted by molar-refractivity contribution is 7.89. The second-order valence-corrected chi connectivity index (χ2v) is 9.69. The molecule has 6 nitrogen and oxygen atoms in total. The highest BCUT2D eigenvalue weighted by atomic mass is 32.2. The first-order chi connectivity index (χ1) is 13.6. The Morgan fingerprint density at radius 3 is 2.48 bits per heavy atom. The molecule has 0 aliphatic rings. The molecule has 154 valence electrons. The normalized spacial score (nSPS) is 12.3. The average molecular weight is 417 g/mol. The zero-order valence-corrected chi connectivity index (χ0v) is 17.6. The molecule has 0 bridgehead atoms. The van der Waals surface area contributed by atoms with E-state index in [2.05, 4.69) is 40.7 Å². The Labute approximate surface area is 170 Å². The van der Waals surface area contributed by atoms with Crippen molar-refractivity contribution in [1.29, 1.82) is 0 Å². The second kappa shape index (κ2) is 8.42. The predicted molar refractivity (Wildman–Crippen MR) is 110 cm³/mol. The number of aromatic amines is 1. The third-order valence-electron chi connectivity index (χ3n) is 4.51. The van der Waals surface area contributed by atoms with Crippen LogP contribution in [0.4, 0.5) is 4.39 Å². The van der Waals surface area contributed by atoms with Crippen LogP contribution in [0.2, 0.25) is 0 Å². The van der Waals surface area contributed by atoms with Gasteiger partial charge in [0, 0.05) is 19.4 Å². The van der Waals surface area contributed by atoms with Gasteiger partial charge in [0.25, 0.3) is 0 Å². The topological polar surface area (TPSA) is 87.7 Å². The van der Waals surface area contributed by atoms with Gasteiger partial charge >= 0.3 is 0 Å². The van der Waals surface area contributed by atoms with Gasteiger partial charge in [0.2, 0.25) is 10.0 Å². The molecule has 29 heavy (non-hydrogen) atoms. The van der Waals surface area contributed by atoms with Crippen LogP contribution in [0.5, 0.6) is 0 Å². The smallest absolute Gasteiger partial charge is 0.240 e. The number of halogens is 1. The van der Waals surface area contributed by atoms with Gasteiger partial charge in [-0.05, 0) is 40.8 Å². The third-order valence-corrected chi connectivity index (χ3v) is 5.99. The quantitative estimate of drug-likeness (QED) is 0.618. The molecule has 0 saturated carbocycles. The Hall–Kier alpha value is -2.58. The molecular formula is C21H25FN4O2S.